The van der Waals surface area contributed by atoms with E-state index in [1.807, 2.05) is 51.1 Å². The maximum Gasteiger partial charge on any atom is 0.276 e. The van der Waals surface area contributed by atoms with Crippen molar-refractivity contribution >= 4 is 29.1 Å². The van der Waals surface area contributed by atoms with E-state index in [-0.39, 0.29) is 17.6 Å². The van der Waals surface area contributed by atoms with Crippen LogP contribution in [0.15, 0.2) is 42.5 Å². The van der Waals surface area contributed by atoms with Crippen LogP contribution in [0.5, 0.6) is 5.75 Å². The number of hydrazine groups is 1. The summed E-state index contributed by atoms with van der Waals surface area (Å²) in [7, 11) is 0. The highest BCUT2D eigenvalue weighted by molar-refractivity contribution is 7.80. The fourth-order valence-electron chi connectivity index (χ4n) is 2.24. The van der Waals surface area contributed by atoms with Gasteiger partial charge >= 0.3 is 0 Å². The van der Waals surface area contributed by atoms with Crippen molar-refractivity contribution in [2.24, 2.45) is 0 Å². The van der Waals surface area contributed by atoms with Crippen molar-refractivity contribution in [3.63, 3.8) is 0 Å². The van der Waals surface area contributed by atoms with E-state index in [1.165, 1.54) is 0 Å². The standard InChI is InChI=1S/C19H21N3O3S/c1-12-4-6-15(7-5-12)18(24)20-19(26)22-21-17(23)11-25-16-9-13(2)8-14(3)10-16/h4-10H,11H2,1-3H3,(H,21,23)(H2,20,22,24,26). The van der Waals surface area contributed by atoms with E-state index >= 15 is 0 Å². The second-order valence-electron chi connectivity index (χ2n) is 5.93. The third-order valence-electron chi connectivity index (χ3n) is 3.42. The molecule has 0 heterocycles. The number of carbonyl (C=O) groups excluding carboxylic acids is 2. The summed E-state index contributed by atoms with van der Waals surface area (Å²) in [5.41, 5.74) is 8.49. The number of benzene rings is 2. The van der Waals surface area contributed by atoms with Crippen molar-refractivity contribution in [1.82, 2.24) is 16.2 Å². The lowest BCUT2D eigenvalue weighted by molar-refractivity contribution is -0.123. The molecule has 0 atom stereocenters. The Hall–Kier alpha value is -2.93. The first-order chi connectivity index (χ1) is 12.3. The molecule has 0 saturated heterocycles. The molecule has 7 heteroatoms. The second-order valence-corrected chi connectivity index (χ2v) is 6.34. The molecule has 0 spiro atoms. The molecule has 0 aliphatic heterocycles. The first kappa shape index (κ1) is 19.4. The lowest BCUT2D eigenvalue weighted by atomic mass is 10.1. The van der Waals surface area contributed by atoms with Gasteiger partial charge in [0.1, 0.15) is 5.75 Å². The van der Waals surface area contributed by atoms with Gasteiger partial charge in [-0.1, -0.05) is 23.8 Å². The summed E-state index contributed by atoms with van der Waals surface area (Å²) in [6, 6.07) is 12.8. The van der Waals surface area contributed by atoms with Crippen LogP contribution in [0.3, 0.4) is 0 Å². The lowest BCUT2D eigenvalue weighted by Gasteiger charge is -2.12. The van der Waals surface area contributed by atoms with E-state index in [2.05, 4.69) is 16.2 Å². The topological polar surface area (TPSA) is 79.5 Å². The maximum absolute atomic E-state index is 12.0. The smallest absolute Gasteiger partial charge is 0.276 e. The predicted octanol–water partition coefficient (Wildman–Crippen LogP) is 2.33. The van der Waals surface area contributed by atoms with Crippen molar-refractivity contribution in [1.29, 1.82) is 0 Å². The zero-order valence-electron chi connectivity index (χ0n) is 14.9. The van der Waals surface area contributed by atoms with E-state index in [1.54, 1.807) is 12.1 Å². The molecule has 0 aromatic heterocycles. The molecular formula is C19H21N3O3S. The summed E-state index contributed by atoms with van der Waals surface area (Å²) < 4.78 is 5.44. The molecule has 6 nitrogen and oxygen atoms in total. The van der Waals surface area contributed by atoms with Crippen LogP contribution in [0.4, 0.5) is 0 Å². The number of aryl methyl sites for hydroxylation is 3. The third kappa shape index (κ3) is 6.18. The highest BCUT2D eigenvalue weighted by atomic mass is 32.1. The van der Waals surface area contributed by atoms with Crippen LogP contribution >= 0.6 is 12.2 Å². The van der Waals surface area contributed by atoms with Gasteiger partial charge in [0.2, 0.25) is 0 Å². The first-order valence-corrected chi connectivity index (χ1v) is 8.42. The molecular weight excluding hydrogens is 350 g/mol. The summed E-state index contributed by atoms with van der Waals surface area (Å²) in [6.07, 6.45) is 0. The molecule has 2 rings (SSSR count). The maximum atomic E-state index is 12.0. The molecule has 0 aliphatic carbocycles. The Labute approximate surface area is 157 Å². The van der Waals surface area contributed by atoms with Crippen molar-refractivity contribution in [2.75, 3.05) is 6.61 Å². The molecule has 2 amide bonds. The average Bonchev–Trinajstić information content (AvgIpc) is 2.58. The van der Waals surface area contributed by atoms with E-state index in [4.69, 9.17) is 17.0 Å². The predicted molar refractivity (Wildman–Crippen MR) is 104 cm³/mol. The molecule has 0 bridgehead atoms. The van der Waals surface area contributed by atoms with E-state index in [9.17, 15) is 9.59 Å². The number of rotatable bonds is 4. The monoisotopic (exact) mass is 371 g/mol. The van der Waals surface area contributed by atoms with Gasteiger partial charge in [-0.3, -0.25) is 25.8 Å². The van der Waals surface area contributed by atoms with Gasteiger partial charge in [-0.15, -0.1) is 0 Å². The Kier molecular flexibility index (Phi) is 6.68. The van der Waals surface area contributed by atoms with Gasteiger partial charge in [0.15, 0.2) is 11.7 Å². The number of hydrogen-bond acceptors (Lipinski definition) is 4. The van der Waals surface area contributed by atoms with Gasteiger partial charge in [-0.2, -0.15) is 0 Å². The molecule has 0 saturated carbocycles. The Morgan fingerprint density at radius 1 is 0.923 bits per heavy atom. The van der Waals surface area contributed by atoms with E-state index < -0.39 is 5.91 Å². The molecule has 26 heavy (non-hydrogen) atoms. The van der Waals surface area contributed by atoms with Crippen LogP contribution in [0.2, 0.25) is 0 Å². The van der Waals surface area contributed by atoms with Crippen LogP contribution < -0.4 is 20.9 Å². The van der Waals surface area contributed by atoms with Crippen molar-refractivity contribution in [2.45, 2.75) is 20.8 Å². The summed E-state index contributed by atoms with van der Waals surface area (Å²) in [5.74, 6) is -0.160. The van der Waals surface area contributed by atoms with Gasteiger partial charge in [-0.05, 0) is 68.4 Å². The molecule has 0 fully saturated rings. The summed E-state index contributed by atoms with van der Waals surface area (Å²) in [6.45, 7) is 5.67. The minimum atomic E-state index is -0.420. The lowest BCUT2D eigenvalue weighted by Crippen LogP contribution is -2.49. The van der Waals surface area contributed by atoms with Crippen LogP contribution in [0, 0.1) is 20.8 Å². The summed E-state index contributed by atoms with van der Waals surface area (Å²) in [4.78, 5) is 23.8. The Bertz CT molecular complexity index is 799. The third-order valence-corrected chi connectivity index (χ3v) is 3.63. The fraction of sp³-hybridized carbons (Fsp3) is 0.211. The van der Waals surface area contributed by atoms with Gasteiger partial charge in [-0.25, -0.2) is 0 Å². The number of nitrogens with one attached hydrogen (secondary N) is 3. The van der Waals surface area contributed by atoms with Crippen molar-refractivity contribution in [3.8, 4) is 5.75 Å². The quantitative estimate of drug-likeness (QED) is 0.568. The zero-order valence-corrected chi connectivity index (χ0v) is 15.7. The van der Waals surface area contributed by atoms with Gasteiger partial charge in [0, 0.05) is 5.56 Å². The highest BCUT2D eigenvalue weighted by Gasteiger charge is 2.09. The fourth-order valence-corrected chi connectivity index (χ4v) is 2.38. The summed E-state index contributed by atoms with van der Waals surface area (Å²) >= 11 is 4.99. The number of ether oxygens (including phenoxy) is 1. The number of amides is 2. The molecule has 0 radical (unpaired) electrons. The normalized spacial score (nSPS) is 9.96. The number of carbonyl (C=O) groups is 2. The first-order valence-electron chi connectivity index (χ1n) is 8.01. The Morgan fingerprint density at radius 2 is 1.54 bits per heavy atom. The van der Waals surface area contributed by atoms with Gasteiger partial charge < -0.3 is 4.74 Å². The van der Waals surface area contributed by atoms with Crippen LogP contribution in [-0.4, -0.2) is 23.5 Å². The van der Waals surface area contributed by atoms with Gasteiger partial charge in [0.25, 0.3) is 11.8 Å². The largest absolute Gasteiger partial charge is 0.484 e. The highest BCUT2D eigenvalue weighted by Crippen LogP contribution is 2.15. The molecule has 136 valence electrons. The van der Waals surface area contributed by atoms with Crippen LogP contribution in [0.25, 0.3) is 0 Å². The molecule has 0 aliphatic rings. The van der Waals surface area contributed by atoms with Crippen molar-refractivity contribution < 1.29 is 14.3 Å². The van der Waals surface area contributed by atoms with E-state index in [0.717, 1.165) is 16.7 Å². The van der Waals surface area contributed by atoms with Crippen molar-refractivity contribution in [3.05, 3.63) is 64.7 Å². The Morgan fingerprint density at radius 3 is 2.15 bits per heavy atom. The molecule has 2 aromatic rings. The minimum Gasteiger partial charge on any atom is -0.484 e. The number of thiocarbonyl (C=S) groups is 1. The van der Waals surface area contributed by atoms with Gasteiger partial charge in [0.05, 0.1) is 0 Å². The zero-order chi connectivity index (χ0) is 19.1. The average molecular weight is 371 g/mol. The number of hydrogen-bond donors (Lipinski definition) is 3. The second kappa shape index (κ2) is 8.96. The summed E-state index contributed by atoms with van der Waals surface area (Å²) in [5, 5.41) is 2.48. The van der Waals surface area contributed by atoms with E-state index in [0.29, 0.717) is 11.3 Å². The van der Waals surface area contributed by atoms with Crippen LogP contribution in [-0.2, 0) is 4.79 Å². The minimum absolute atomic E-state index is 0.00433. The SMILES string of the molecule is Cc1ccc(C(=O)NC(=S)NNC(=O)COc2cc(C)cc(C)c2)cc1. The van der Waals surface area contributed by atoms with Crippen LogP contribution in [0.1, 0.15) is 27.0 Å². The Balaban J connectivity index is 1.75. The molecule has 3 N–H and O–H groups in total. The molecule has 2 aromatic carbocycles. The molecule has 0 unspecified atom stereocenters.